The third-order valence-corrected chi connectivity index (χ3v) is 2.49. The summed E-state index contributed by atoms with van der Waals surface area (Å²) in [6.07, 6.45) is 7.01. The predicted octanol–water partition coefficient (Wildman–Crippen LogP) is 2.53. The number of aromatic amines is 1. The maximum Gasteiger partial charge on any atom is 0.159 e. The molecule has 0 aliphatic heterocycles. The average Bonchev–Trinajstić information content (AvgIpc) is 2.94. The summed E-state index contributed by atoms with van der Waals surface area (Å²) in [4.78, 5) is 15.9. The van der Waals surface area contributed by atoms with Crippen LogP contribution in [0.2, 0.25) is 0 Å². The summed E-state index contributed by atoms with van der Waals surface area (Å²) < 4.78 is 0. The van der Waals surface area contributed by atoms with E-state index in [1.165, 1.54) is 0 Å². The van der Waals surface area contributed by atoms with Crippen LogP contribution in [0.3, 0.4) is 0 Å². The van der Waals surface area contributed by atoms with Gasteiger partial charge >= 0.3 is 0 Å². The fourth-order valence-corrected chi connectivity index (χ4v) is 1.74. The lowest BCUT2D eigenvalue weighted by Crippen LogP contribution is -1.91. The molecule has 2 heterocycles. The third kappa shape index (κ3) is 1.80. The first-order valence-corrected chi connectivity index (χ1v) is 5.31. The Morgan fingerprint density at radius 2 is 1.53 bits per heavy atom. The van der Waals surface area contributed by atoms with Gasteiger partial charge in [0.15, 0.2) is 5.82 Å². The van der Waals surface area contributed by atoms with E-state index in [0.29, 0.717) is 5.82 Å². The molecule has 0 aliphatic rings. The van der Waals surface area contributed by atoms with E-state index in [0.717, 1.165) is 17.0 Å². The Morgan fingerprint density at radius 1 is 0.765 bits per heavy atom. The first-order chi connectivity index (χ1) is 8.45. The van der Waals surface area contributed by atoms with Gasteiger partial charge in [0.05, 0.1) is 0 Å². The Hall–Kier alpha value is -2.49. The molecule has 2 aromatic heterocycles. The van der Waals surface area contributed by atoms with Gasteiger partial charge in [0.1, 0.15) is 5.82 Å². The Bertz CT molecular complexity index is 602. The summed E-state index contributed by atoms with van der Waals surface area (Å²) in [6.45, 7) is 0. The molecule has 0 spiro atoms. The minimum absolute atomic E-state index is 0.708. The fourth-order valence-electron chi connectivity index (χ4n) is 1.74. The van der Waals surface area contributed by atoms with E-state index in [1.807, 2.05) is 24.3 Å². The zero-order valence-corrected chi connectivity index (χ0v) is 9.04. The van der Waals surface area contributed by atoms with Crippen LogP contribution in [0.25, 0.3) is 22.8 Å². The third-order valence-electron chi connectivity index (χ3n) is 2.49. The molecule has 4 nitrogen and oxygen atoms in total. The molecule has 17 heavy (non-hydrogen) atoms. The second-order valence-corrected chi connectivity index (χ2v) is 3.56. The molecule has 0 fully saturated rings. The Morgan fingerprint density at radius 3 is 2.24 bits per heavy atom. The van der Waals surface area contributed by atoms with Gasteiger partial charge in [0.2, 0.25) is 0 Å². The van der Waals surface area contributed by atoms with E-state index < -0.39 is 0 Å². The molecule has 0 atom stereocenters. The highest BCUT2D eigenvalue weighted by Gasteiger charge is 2.09. The standard InChI is InChI=1S/C13H10N4/c1-2-5-11(13-16-8-9-17-13)10(4-1)12-14-6-3-7-15-12/h1-9H,(H,16,17). The number of H-pyrrole nitrogens is 1. The number of hydrogen-bond donors (Lipinski definition) is 1. The SMILES string of the molecule is c1cnc(-c2ccccc2-c2ncc[nH]2)nc1. The molecule has 3 rings (SSSR count). The fraction of sp³-hybridized carbons (Fsp3) is 0. The first kappa shape index (κ1) is 9.72. The summed E-state index contributed by atoms with van der Waals surface area (Å²) in [7, 11) is 0. The van der Waals surface area contributed by atoms with Gasteiger partial charge in [0, 0.05) is 35.9 Å². The summed E-state index contributed by atoms with van der Waals surface area (Å²) >= 11 is 0. The number of nitrogens with zero attached hydrogens (tertiary/aromatic N) is 3. The molecule has 0 radical (unpaired) electrons. The van der Waals surface area contributed by atoms with Crippen molar-refractivity contribution in [1.29, 1.82) is 0 Å². The van der Waals surface area contributed by atoms with Gasteiger partial charge < -0.3 is 4.98 Å². The quantitative estimate of drug-likeness (QED) is 0.724. The molecule has 0 saturated carbocycles. The van der Waals surface area contributed by atoms with E-state index in [-0.39, 0.29) is 0 Å². The highest BCUT2D eigenvalue weighted by atomic mass is 14.9. The van der Waals surface area contributed by atoms with Crippen molar-refractivity contribution in [3.8, 4) is 22.8 Å². The molecule has 82 valence electrons. The maximum atomic E-state index is 4.27. The van der Waals surface area contributed by atoms with E-state index in [4.69, 9.17) is 0 Å². The summed E-state index contributed by atoms with van der Waals surface area (Å²) in [5.74, 6) is 1.53. The summed E-state index contributed by atoms with van der Waals surface area (Å²) in [5.41, 5.74) is 1.98. The van der Waals surface area contributed by atoms with Gasteiger partial charge in [-0.2, -0.15) is 0 Å². The molecule has 0 aliphatic carbocycles. The zero-order chi connectivity index (χ0) is 11.5. The van der Waals surface area contributed by atoms with Crippen LogP contribution in [0.1, 0.15) is 0 Å². The monoisotopic (exact) mass is 222 g/mol. The van der Waals surface area contributed by atoms with Crippen molar-refractivity contribution in [3.63, 3.8) is 0 Å². The molecule has 0 saturated heterocycles. The van der Waals surface area contributed by atoms with E-state index in [1.54, 1.807) is 30.9 Å². The molecule has 4 heteroatoms. The maximum absolute atomic E-state index is 4.27. The molecule has 0 bridgehead atoms. The minimum atomic E-state index is 0.708. The normalized spacial score (nSPS) is 10.4. The molecule has 0 unspecified atom stereocenters. The number of benzene rings is 1. The van der Waals surface area contributed by atoms with Crippen molar-refractivity contribution in [2.45, 2.75) is 0 Å². The highest BCUT2D eigenvalue weighted by molar-refractivity contribution is 5.76. The molecule has 1 N–H and O–H groups in total. The van der Waals surface area contributed by atoms with Crippen molar-refractivity contribution < 1.29 is 0 Å². The lowest BCUT2D eigenvalue weighted by Gasteiger charge is -2.05. The Kier molecular flexibility index (Phi) is 2.38. The van der Waals surface area contributed by atoms with Crippen LogP contribution < -0.4 is 0 Å². The Balaban J connectivity index is 2.18. The van der Waals surface area contributed by atoms with Crippen molar-refractivity contribution in [2.24, 2.45) is 0 Å². The molecule has 0 amide bonds. The van der Waals surface area contributed by atoms with Crippen LogP contribution >= 0.6 is 0 Å². The second kappa shape index (κ2) is 4.17. The lowest BCUT2D eigenvalue weighted by molar-refractivity contribution is 1.17. The van der Waals surface area contributed by atoms with Gasteiger partial charge in [0.25, 0.3) is 0 Å². The first-order valence-electron chi connectivity index (χ1n) is 5.31. The van der Waals surface area contributed by atoms with Crippen molar-refractivity contribution in [1.82, 2.24) is 19.9 Å². The summed E-state index contributed by atoms with van der Waals surface area (Å²) in [5, 5.41) is 0. The van der Waals surface area contributed by atoms with Gasteiger partial charge in [-0.05, 0) is 6.07 Å². The number of hydrogen-bond acceptors (Lipinski definition) is 3. The van der Waals surface area contributed by atoms with Gasteiger partial charge in [-0.25, -0.2) is 15.0 Å². The van der Waals surface area contributed by atoms with Gasteiger partial charge in [-0.3, -0.25) is 0 Å². The topological polar surface area (TPSA) is 54.5 Å². The van der Waals surface area contributed by atoms with Crippen molar-refractivity contribution in [2.75, 3.05) is 0 Å². The van der Waals surface area contributed by atoms with Crippen LogP contribution in [0.4, 0.5) is 0 Å². The van der Waals surface area contributed by atoms with E-state index in [2.05, 4.69) is 19.9 Å². The summed E-state index contributed by atoms with van der Waals surface area (Å²) in [6, 6.07) is 9.75. The van der Waals surface area contributed by atoms with Crippen molar-refractivity contribution in [3.05, 3.63) is 55.1 Å². The largest absolute Gasteiger partial charge is 0.345 e. The predicted molar refractivity (Wildman–Crippen MR) is 65.0 cm³/mol. The number of aromatic nitrogens is 4. The van der Waals surface area contributed by atoms with Crippen LogP contribution in [-0.2, 0) is 0 Å². The van der Waals surface area contributed by atoms with E-state index >= 15 is 0 Å². The number of rotatable bonds is 2. The van der Waals surface area contributed by atoms with Gasteiger partial charge in [-0.15, -0.1) is 0 Å². The Labute approximate surface area is 98.4 Å². The molecule has 3 aromatic rings. The number of imidazole rings is 1. The second-order valence-electron chi connectivity index (χ2n) is 3.56. The molecular weight excluding hydrogens is 212 g/mol. The van der Waals surface area contributed by atoms with Gasteiger partial charge in [-0.1, -0.05) is 24.3 Å². The van der Waals surface area contributed by atoms with Crippen LogP contribution in [0.15, 0.2) is 55.1 Å². The van der Waals surface area contributed by atoms with E-state index in [9.17, 15) is 0 Å². The molecule has 1 aromatic carbocycles. The minimum Gasteiger partial charge on any atom is -0.345 e. The van der Waals surface area contributed by atoms with Crippen LogP contribution in [0.5, 0.6) is 0 Å². The molecular formula is C13H10N4. The van der Waals surface area contributed by atoms with Crippen LogP contribution in [-0.4, -0.2) is 19.9 Å². The lowest BCUT2D eigenvalue weighted by atomic mass is 10.1. The van der Waals surface area contributed by atoms with Crippen LogP contribution in [0, 0.1) is 0 Å². The number of nitrogens with one attached hydrogen (secondary N) is 1. The smallest absolute Gasteiger partial charge is 0.159 e. The zero-order valence-electron chi connectivity index (χ0n) is 9.04. The van der Waals surface area contributed by atoms with Crippen molar-refractivity contribution >= 4 is 0 Å². The highest BCUT2D eigenvalue weighted by Crippen LogP contribution is 2.26. The average molecular weight is 222 g/mol.